The highest BCUT2D eigenvalue weighted by molar-refractivity contribution is 6.31. The van der Waals surface area contributed by atoms with Gasteiger partial charge in [-0.2, -0.15) is 14.6 Å². The van der Waals surface area contributed by atoms with Crippen molar-refractivity contribution in [2.24, 2.45) is 0 Å². The minimum Gasteiger partial charge on any atom is -0.340 e. The van der Waals surface area contributed by atoms with Gasteiger partial charge in [0.25, 0.3) is 5.78 Å². The van der Waals surface area contributed by atoms with E-state index in [1.807, 2.05) is 31.2 Å². The molecule has 0 amide bonds. The number of benzene rings is 1. The summed E-state index contributed by atoms with van der Waals surface area (Å²) in [6, 6.07) is 7.86. The first-order valence-corrected chi connectivity index (χ1v) is 6.78. The maximum absolute atomic E-state index is 6.24. The molecule has 0 spiro atoms. The van der Waals surface area contributed by atoms with E-state index in [4.69, 9.17) is 11.6 Å². The number of fused-ring (bicyclic) bond motifs is 1. The van der Waals surface area contributed by atoms with Crippen LogP contribution in [0.4, 0.5) is 11.5 Å². The van der Waals surface area contributed by atoms with Crippen molar-refractivity contribution in [1.82, 2.24) is 19.6 Å². The maximum Gasteiger partial charge on any atom is 0.254 e. The summed E-state index contributed by atoms with van der Waals surface area (Å²) in [5.41, 5.74) is 2.92. The lowest BCUT2D eigenvalue weighted by molar-refractivity contribution is 0.937. The minimum atomic E-state index is 0.573. The summed E-state index contributed by atoms with van der Waals surface area (Å²) in [5, 5.41) is 8.22. The highest BCUT2D eigenvalue weighted by Gasteiger charge is 2.07. The monoisotopic (exact) mass is 287 g/mol. The van der Waals surface area contributed by atoms with E-state index in [1.165, 1.54) is 6.33 Å². The Hall–Kier alpha value is -2.14. The van der Waals surface area contributed by atoms with Crippen molar-refractivity contribution >= 4 is 28.9 Å². The van der Waals surface area contributed by atoms with Crippen LogP contribution < -0.4 is 5.32 Å². The van der Waals surface area contributed by atoms with Gasteiger partial charge in [0.1, 0.15) is 12.1 Å². The standard InChI is InChI=1S/C14H14ClN5/c1-3-10-4-5-11(7-12(10)15)19-13-6-9(2)18-14-16-8-17-20(13)14/h4-8,19H,3H2,1-2H3. The van der Waals surface area contributed by atoms with Crippen LogP contribution >= 0.6 is 11.6 Å². The number of rotatable bonds is 3. The van der Waals surface area contributed by atoms with Gasteiger partial charge in [-0.05, 0) is 31.0 Å². The number of nitrogens with zero attached hydrogens (tertiary/aromatic N) is 4. The van der Waals surface area contributed by atoms with Gasteiger partial charge in [-0.1, -0.05) is 24.6 Å². The Morgan fingerprint density at radius 3 is 2.90 bits per heavy atom. The normalized spacial score (nSPS) is 10.9. The van der Waals surface area contributed by atoms with Gasteiger partial charge in [0, 0.05) is 22.5 Å². The molecule has 102 valence electrons. The van der Waals surface area contributed by atoms with Crippen LogP contribution in [0.25, 0.3) is 5.78 Å². The van der Waals surface area contributed by atoms with Crippen molar-refractivity contribution in [1.29, 1.82) is 0 Å². The van der Waals surface area contributed by atoms with Crippen LogP contribution in [0.15, 0.2) is 30.6 Å². The Balaban J connectivity index is 2.00. The predicted molar refractivity (Wildman–Crippen MR) is 79.6 cm³/mol. The van der Waals surface area contributed by atoms with E-state index >= 15 is 0 Å². The summed E-state index contributed by atoms with van der Waals surface area (Å²) < 4.78 is 1.66. The smallest absolute Gasteiger partial charge is 0.254 e. The number of anilines is 2. The summed E-state index contributed by atoms with van der Waals surface area (Å²) in [6.07, 6.45) is 2.40. The van der Waals surface area contributed by atoms with E-state index in [1.54, 1.807) is 4.52 Å². The number of aryl methyl sites for hydroxylation is 2. The maximum atomic E-state index is 6.24. The van der Waals surface area contributed by atoms with Gasteiger partial charge in [-0.3, -0.25) is 0 Å². The molecule has 0 saturated heterocycles. The molecule has 0 atom stereocenters. The number of halogens is 1. The molecule has 0 saturated carbocycles. The molecule has 20 heavy (non-hydrogen) atoms. The highest BCUT2D eigenvalue weighted by Crippen LogP contribution is 2.24. The van der Waals surface area contributed by atoms with Crippen LogP contribution in [0.5, 0.6) is 0 Å². The Morgan fingerprint density at radius 2 is 2.15 bits per heavy atom. The van der Waals surface area contributed by atoms with Gasteiger partial charge >= 0.3 is 0 Å². The SMILES string of the molecule is CCc1ccc(Nc2cc(C)nc3ncnn23)cc1Cl. The summed E-state index contributed by atoms with van der Waals surface area (Å²) in [4.78, 5) is 8.41. The molecule has 5 nitrogen and oxygen atoms in total. The van der Waals surface area contributed by atoms with Crippen LogP contribution in [0.3, 0.4) is 0 Å². The number of nitrogens with one attached hydrogen (secondary N) is 1. The van der Waals surface area contributed by atoms with Crippen molar-refractivity contribution in [3.63, 3.8) is 0 Å². The van der Waals surface area contributed by atoms with E-state index in [9.17, 15) is 0 Å². The lowest BCUT2D eigenvalue weighted by atomic mass is 10.1. The van der Waals surface area contributed by atoms with Crippen molar-refractivity contribution in [3.8, 4) is 0 Å². The average Bonchev–Trinajstić information content (AvgIpc) is 2.87. The largest absolute Gasteiger partial charge is 0.340 e. The van der Waals surface area contributed by atoms with Gasteiger partial charge in [0.15, 0.2) is 0 Å². The Labute approximate surface area is 121 Å². The first-order chi connectivity index (χ1) is 9.67. The Bertz CT molecular complexity index is 765. The van der Waals surface area contributed by atoms with E-state index in [0.29, 0.717) is 5.78 Å². The second-order valence-corrected chi connectivity index (χ2v) is 4.95. The van der Waals surface area contributed by atoms with Crippen molar-refractivity contribution < 1.29 is 0 Å². The first kappa shape index (κ1) is 12.9. The van der Waals surface area contributed by atoms with E-state index in [2.05, 4.69) is 27.3 Å². The van der Waals surface area contributed by atoms with Gasteiger partial charge in [-0.15, -0.1) is 0 Å². The lowest BCUT2D eigenvalue weighted by Crippen LogP contribution is -2.02. The third kappa shape index (κ3) is 2.32. The van der Waals surface area contributed by atoms with Crippen LogP contribution in [-0.4, -0.2) is 19.6 Å². The number of aromatic nitrogens is 4. The third-order valence-corrected chi connectivity index (χ3v) is 3.44. The molecule has 0 unspecified atom stereocenters. The van der Waals surface area contributed by atoms with Gasteiger partial charge in [0.05, 0.1) is 0 Å². The molecule has 2 heterocycles. The van der Waals surface area contributed by atoms with Crippen molar-refractivity contribution in [3.05, 3.63) is 46.9 Å². The Kier molecular flexibility index (Phi) is 3.28. The molecule has 0 aliphatic rings. The fraction of sp³-hybridized carbons (Fsp3) is 0.214. The molecule has 0 radical (unpaired) electrons. The summed E-state index contributed by atoms with van der Waals surface area (Å²) in [7, 11) is 0. The van der Waals surface area contributed by atoms with Crippen LogP contribution in [0, 0.1) is 6.92 Å². The fourth-order valence-corrected chi connectivity index (χ4v) is 2.39. The first-order valence-electron chi connectivity index (χ1n) is 6.40. The minimum absolute atomic E-state index is 0.573. The van der Waals surface area contributed by atoms with Crippen LogP contribution in [0.2, 0.25) is 5.02 Å². The zero-order valence-electron chi connectivity index (χ0n) is 11.3. The Morgan fingerprint density at radius 1 is 1.30 bits per heavy atom. The molecule has 1 N–H and O–H groups in total. The quantitative estimate of drug-likeness (QED) is 0.802. The molecule has 3 rings (SSSR count). The molecular formula is C14H14ClN5. The molecule has 2 aromatic heterocycles. The zero-order valence-corrected chi connectivity index (χ0v) is 12.0. The molecule has 0 aliphatic carbocycles. The van der Waals surface area contributed by atoms with Crippen LogP contribution in [0.1, 0.15) is 18.2 Å². The lowest BCUT2D eigenvalue weighted by Gasteiger charge is -2.10. The zero-order chi connectivity index (χ0) is 14.1. The van der Waals surface area contributed by atoms with Gasteiger partial charge in [-0.25, -0.2) is 4.98 Å². The van der Waals surface area contributed by atoms with Crippen LogP contribution in [-0.2, 0) is 6.42 Å². The fourth-order valence-electron chi connectivity index (χ4n) is 2.08. The molecule has 0 bridgehead atoms. The number of hydrogen-bond donors (Lipinski definition) is 1. The highest BCUT2D eigenvalue weighted by atomic mass is 35.5. The number of hydrogen-bond acceptors (Lipinski definition) is 4. The predicted octanol–water partition coefficient (Wildman–Crippen LogP) is 3.39. The average molecular weight is 288 g/mol. The second kappa shape index (κ2) is 5.09. The van der Waals surface area contributed by atoms with E-state index in [0.717, 1.165) is 34.2 Å². The molecular weight excluding hydrogens is 274 g/mol. The molecule has 1 aromatic carbocycles. The third-order valence-electron chi connectivity index (χ3n) is 3.09. The summed E-state index contributed by atoms with van der Waals surface area (Å²) in [6.45, 7) is 4.01. The van der Waals surface area contributed by atoms with E-state index in [-0.39, 0.29) is 0 Å². The van der Waals surface area contributed by atoms with Crippen molar-refractivity contribution in [2.75, 3.05) is 5.32 Å². The topological polar surface area (TPSA) is 55.1 Å². The molecule has 6 heteroatoms. The van der Waals surface area contributed by atoms with Crippen molar-refractivity contribution in [2.45, 2.75) is 20.3 Å². The molecule has 3 aromatic rings. The van der Waals surface area contributed by atoms with Gasteiger partial charge < -0.3 is 5.32 Å². The van der Waals surface area contributed by atoms with Gasteiger partial charge in [0.2, 0.25) is 0 Å². The summed E-state index contributed by atoms with van der Waals surface area (Å²) >= 11 is 6.24. The summed E-state index contributed by atoms with van der Waals surface area (Å²) in [5.74, 6) is 1.38. The second-order valence-electron chi connectivity index (χ2n) is 4.54. The molecule has 0 aliphatic heterocycles. The van der Waals surface area contributed by atoms with E-state index < -0.39 is 0 Å². The molecule has 0 fully saturated rings.